The third-order valence-electron chi connectivity index (χ3n) is 4.60. The molecule has 0 unspecified atom stereocenters. The lowest BCUT2D eigenvalue weighted by molar-refractivity contribution is 0.0827. The molecule has 24 heavy (non-hydrogen) atoms. The number of hydrogen-bond acceptors (Lipinski definition) is 3. The number of amides is 1. The van der Waals surface area contributed by atoms with Crippen molar-refractivity contribution in [1.82, 2.24) is 9.80 Å². The van der Waals surface area contributed by atoms with Crippen LogP contribution in [0.4, 0.5) is 0 Å². The molecule has 0 aromatic heterocycles. The molecule has 0 spiro atoms. The number of fused-ring (bicyclic) bond motifs is 1. The van der Waals surface area contributed by atoms with Crippen molar-refractivity contribution in [3.8, 4) is 5.75 Å². The number of rotatable bonds is 3. The van der Waals surface area contributed by atoms with Crippen molar-refractivity contribution in [1.29, 1.82) is 0 Å². The first-order chi connectivity index (χ1) is 11.5. The minimum absolute atomic E-state index is 0.0339. The summed E-state index contributed by atoms with van der Waals surface area (Å²) in [6.45, 7) is 2.88. The predicted octanol–water partition coefficient (Wildman–Crippen LogP) is 2.69. The number of hydrogen-bond donors (Lipinski definition) is 1. The van der Waals surface area contributed by atoms with Gasteiger partial charge in [0.1, 0.15) is 5.75 Å². The fourth-order valence-electron chi connectivity index (χ4n) is 3.19. The van der Waals surface area contributed by atoms with E-state index in [1.54, 1.807) is 25.1 Å². The zero-order valence-corrected chi connectivity index (χ0v) is 14.3. The maximum atomic E-state index is 11.9. The van der Waals surface area contributed by atoms with E-state index in [9.17, 15) is 9.90 Å². The molecule has 126 valence electrons. The average Bonchev–Trinajstić information content (AvgIpc) is 2.77. The third-order valence-corrected chi connectivity index (χ3v) is 4.60. The molecule has 1 amide bonds. The Balaban J connectivity index is 1.64. The lowest BCUT2D eigenvalue weighted by atomic mass is 10.0. The summed E-state index contributed by atoms with van der Waals surface area (Å²) in [6.07, 6.45) is 1.97. The van der Waals surface area contributed by atoms with E-state index >= 15 is 0 Å². The quantitative estimate of drug-likeness (QED) is 0.944. The van der Waals surface area contributed by atoms with Crippen LogP contribution in [0.2, 0.25) is 0 Å². The smallest absolute Gasteiger partial charge is 0.253 e. The van der Waals surface area contributed by atoms with E-state index in [2.05, 4.69) is 4.90 Å². The van der Waals surface area contributed by atoms with Gasteiger partial charge in [0.25, 0.3) is 5.91 Å². The highest BCUT2D eigenvalue weighted by molar-refractivity contribution is 5.93. The second-order valence-corrected chi connectivity index (χ2v) is 6.63. The molecule has 4 nitrogen and oxygen atoms in total. The van der Waals surface area contributed by atoms with E-state index in [0.717, 1.165) is 38.0 Å². The van der Waals surface area contributed by atoms with Gasteiger partial charge in [-0.3, -0.25) is 9.69 Å². The lowest BCUT2D eigenvalue weighted by Gasteiger charge is -2.20. The molecule has 1 heterocycles. The zero-order chi connectivity index (χ0) is 17.1. The van der Waals surface area contributed by atoms with Gasteiger partial charge in [-0.05, 0) is 53.8 Å². The Kier molecular flexibility index (Phi) is 4.86. The van der Waals surface area contributed by atoms with Gasteiger partial charge in [0.2, 0.25) is 0 Å². The SMILES string of the molecule is CN(C)C(=O)c1ccc(CN2CCc3ccc(O)cc3CC2)cc1. The molecule has 0 atom stereocenters. The molecule has 0 bridgehead atoms. The summed E-state index contributed by atoms with van der Waals surface area (Å²) in [5.74, 6) is 0.384. The van der Waals surface area contributed by atoms with Crippen LogP contribution in [-0.4, -0.2) is 48.0 Å². The Bertz CT molecular complexity index is 723. The highest BCUT2D eigenvalue weighted by Gasteiger charge is 2.15. The largest absolute Gasteiger partial charge is 0.508 e. The predicted molar refractivity (Wildman–Crippen MR) is 95.3 cm³/mol. The van der Waals surface area contributed by atoms with Gasteiger partial charge in [0.05, 0.1) is 0 Å². The van der Waals surface area contributed by atoms with Crippen LogP contribution in [0.1, 0.15) is 27.0 Å². The van der Waals surface area contributed by atoms with Crippen molar-refractivity contribution in [2.45, 2.75) is 19.4 Å². The first kappa shape index (κ1) is 16.5. The van der Waals surface area contributed by atoms with Crippen molar-refractivity contribution in [2.24, 2.45) is 0 Å². The Hall–Kier alpha value is -2.33. The van der Waals surface area contributed by atoms with E-state index in [1.807, 2.05) is 36.4 Å². The fourth-order valence-corrected chi connectivity index (χ4v) is 3.19. The molecular weight excluding hydrogens is 300 g/mol. The van der Waals surface area contributed by atoms with Crippen LogP contribution in [-0.2, 0) is 19.4 Å². The van der Waals surface area contributed by atoms with E-state index in [-0.39, 0.29) is 5.91 Å². The number of benzene rings is 2. The number of phenolic OH excluding ortho intramolecular Hbond substituents is 1. The number of carbonyl (C=O) groups is 1. The van der Waals surface area contributed by atoms with Crippen LogP contribution >= 0.6 is 0 Å². The first-order valence-corrected chi connectivity index (χ1v) is 8.36. The molecule has 1 N–H and O–H groups in total. The summed E-state index contributed by atoms with van der Waals surface area (Å²) in [5, 5.41) is 9.65. The maximum Gasteiger partial charge on any atom is 0.253 e. The molecule has 0 saturated carbocycles. The van der Waals surface area contributed by atoms with E-state index in [4.69, 9.17) is 0 Å². The van der Waals surface area contributed by atoms with Crippen molar-refractivity contribution in [3.63, 3.8) is 0 Å². The van der Waals surface area contributed by atoms with E-state index < -0.39 is 0 Å². The molecule has 0 saturated heterocycles. The molecular formula is C20H24N2O2. The Labute approximate surface area is 143 Å². The van der Waals surface area contributed by atoms with Gasteiger partial charge in [-0.15, -0.1) is 0 Å². The highest BCUT2D eigenvalue weighted by atomic mass is 16.3. The molecule has 0 aliphatic carbocycles. The van der Waals surface area contributed by atoms with Gasteiger partial charge in [0, 0.05) is 39.3 Å². The summed E-state index contributed by atoms with van der Waals surface area (Å²) in [7, 11) is 3.53. The summed E-state index contributed by atoms with van der Waals surface area (Å²) in [4.78, 5) is 16.0. The molecule has 1 aliphatic rings. The molecule has 0 radical (unpaired) electrons. The van der Waals surface area contributed by atoms with Crippen LogP contribution in [0.15, 0.2) is 42.5 Å². The topological polar surface area (TPSA) is 43.8 Å². The number of phenols is 1. The molecule has 1 aliphatic heterocycles. The first-order valence-electron chi connectivity index (χ1n) is 8.36. The number of aromatic hydroxyl groups is 1. The van der Waals surface area contributed by atoms with Gasteiger partial charge < -0.3 is 10.0 Å². The van der Waals surface area contributed by atoms with Gasteiger partial charge in [-0.1, -0.05) is 18.2 Å². The standard InChI is InChI=1S/C20H24N2O2/c1-21(2)20(24)17-5-3-15(4-6-17)14-22-11-9-16-7-8-19(23)13-18(16)10-12-22/h3-8,13,23H,9-12,14H2,1-2H3. The summed E-state index contributed by atoms with van der Waals surface area (Å²) < 4.78 is 0. The third kappa shape index (κ3) is 3.77. The lowest BCUT2D eigenvalue weighted by Crippen LogP contribution is -2.26. The molecule has 4 heteroatoms. The van der Waals surface area contributed by atoms with Crippen LogP contribution in [0.5, 0.6) is 5.75 Å². The average molecular weight is 324 g/mol. The Morgan fingerprint density at radius 1 is 1.04 bits per heavy atom. The molecule has 0 fully saturated rings. The number of nitrogens with zero attached hydrogens (tertiary/aromatic N) is 2. The van der Waals surface area contributed by atoms with Crippen LogP contribution in [0.25, 0.3) is 0 Å². The summed E-state index contributed by atoms with van der Waals surface area (Å²) >= 11 is 0. The van der Waals surface area contributed by atoms with Crippen molar-refractivity contribution >= 4 is 5.91 Å². The van der Waals surface area contributed by atoms with E-state index in [1.165, 1.54) is 16.7 Å². The second kappa shape index (κ2) is 7.05. The monoisotopic (exact) mass is 324 g/mol. The van der Waals surface area contributed by atoms with Gasteiger partial charge in [0.15, 0.2) is 0 Å². The maximum absolute atomic E-state index is 11.9. The highest BCUT2D eigenvalue weighted by Crippen LogP contribution is 2.21. The van der Waals surface area contributed by atoms with Crippen LogP contribution < -0.4 is 0 Å². The van der Waals surface area contributed by atoms with Gasteiger partial charge >= 0.3 is 0 Å². The van der Waals surface area contributed by atoms with Crippen molar-refractivity contribution < 1.29 is 9.90 Å². The number of carbonyl (C=O) groups excluding carboxylic acids is 1. The summed E-state index contributed by atoms with van der Waals surface area (Å²) in [5.41, 5.74) is 4.54. The molecule has 2 aromatic carbocycles. The Morgan fingerprint density at radius 2 is 1.71 bits per heavy atom. The minimum atomic E-state index is 0.0339. The van der Waals surface area contributed by atoms with Gasteiger partial charge in [-0.25, -0.2) is 0 Å². The second-order valence-electron chi connectivity index (χ2n) is 6.63. The van der Waals surface area contributed by atoms with Crippen molar-refractivity contribution in [3.05, 3.63) is 64.7 Å². The summed E-state index contributed by atoms with van der Waals surface area (Å²) in [6, 6.07) is 13.6. The zero-order valence-electron chi connectivity index (χ0n) is 14.3. The minimum Gasteiger partial charge on any atom is -0.508 e. The normalized spacial score (nSPS) is 14.8. The Morgan fingerprint density at radius 3 is 2.38 bits per heavy atom. The van der Waals surface area contributed by atoms with Crippen molar-refractivity contribution in [2.75, 3.05) is 27.2 Å². The van der Waals surface area contributed by atoms with Gasteiger partial charge in [-0.2, -0.15) is 0 Å². The van der Waals surface area contributed by atoms with E-state index in [0.29, 0.717) is 5.75 Å². The fraction of sp³-hybridized carbons (Fsp3) is 0.350. The van der Waals surface area contributed by atoms with Crippen LogP contribution in [0, 0.1) is 0 Å². The molecule has 2 aromatic rings. The van der Waals surface area contributed by atoms with Crippen LogP contribution in [0.3, 0.4) is 0 Å². The molecule has 3 rings (SSSR count).